The van der Waals surface area contributed by atoms with E-state index in [4.69, 9.17) is 0 Å². The number of rotatable bonds is 4. The van der Waals surface area contributed by atoms with Crippen LogP contribution in [0.2, 0.25) is 0 Å². The van der Waals surface area contributed by atoms with Crippen LogP contribution in [-0.4, -0.2) is 30.9 Å². The Kier molecular flexibility index (Phi) is 5.33. The molecule has 0 atom stereocenters. The molecule has 12 heteroatoms. The molecule has 180 valence electrons. The number of hydrogen-bond acceptors (Lipinski definition) is 4. The van der Waals surface area contributed by atoms with Crippen molar-refractivity contribution in [2.75, 3.05) is 10.6 Å². The standard InChI is InChI=1S/C22H20F6N6/c23-21(24,25)15-11-33-17(3-1-5-19(33)31-15)29-13-7-9-14(10-8-13)30-18-4-2-6-20-32-16(12-34(18)20)22(26,27)28/h1-6,11-14,29-30H,7-10H2/t13-,14+. The summed E-state index contributed by atoms with van der Waals surface area (Å²) in [6.07, 6.45) is -4.13. The zero-order valence-corrected chi connectivity index (χ0v) is 17.7. The number of anilines is 2. The van der Waals surface area contributed by atoms with Crippen LogP contribution in [0.1, 0.15) is 37.1 Å². The molecule has 0 saturated heterocycles. The first kappa shape index (κ1) is 22.4. The second-order valence-corrected chi connectivity index (χ2v) is 8.36. The van der Waals surface area contributed by atoms with Crippen LogP contribution in [0.25, 0.3) is 11.3 Å². The zero-order valence-electron chi connectivity index (χ0n) is 17.7. The summed E-state index contributed by atoms with van der Waals surface area (Å²) in [7, 11) is 0. The molecule has 0 spiro atoms. The van der Waals surface area contributed by atoms with Crippen molar-refractivity contribution in [3.05, 3.63) is 60.2 Å². The van der Waals surface area contributed by atoms with Gasteiger partial charge in [-0.05, 0) is 49.9 Å². The molecule has 1 aliphatic rings. The molecule has 4 aromatic heterocycles. The monoisotopic (exact) mass is 482 g/mol. The molecule has 34 heavy (non-hydrogen) atoms. The van der Waals surface area contributed by atoms with Crippen LogP contribution in [0, 0.1) is 0 Å². The molecule has 0 radical (unpaired) electrons. The highest BCUT2D eigenvalue weighted by Crippen LogP contribution is 2.32. The van der Waals surface area contributed by atoms with Gasteiger partial charge in [0.1, 0.15) is 22.9 Å². The Bertz CT molecular complexity index is 1210. The van der Waals surface area contributed by atoms with Gasteiger partial charge < -0.3 is 10.6 Å². The van der Waals surface area contributed by atoms with Crippen LogP contribution in [0.4, 0.5) is 38.0 Å². The van der Waals surface area contributed by atoms with E-state index in [9.17, 15) is 26.3 Å². The van der Waals surface area contributed by atoms with E-state index in [2.05, 4.69) is 20.6 Å². The van der Waals surface area contributed by atoms with Gasteiger partial charge in [-0.25, -0.2) is 9.97 Å². The Morgan fingerprint density at radius 1 is 0.647 bits per heavy atom. The fraction of sp³-hybridized carbons (Fsp3) is 0.364. The van der Waals surface area contributed by atoms with Crippen LogP contribution in [0.5, 0.6) is 0 Å². The lowest BCUT2D eigenvalue weighted by Gasteiger charge is -2.31. The van der Waals surface area contributed by atoms with E-state index in [0.717, 1.165) is 38.1 Å². The van der Waals surface area contributed by atoms with Crippen LogP contribution < -0.4 is 10.6 Å². The zero-order chi connectivity index (χ0) is 24.1. The van der Waals surface area contributed by atoms with Crippen LogP contribution in [0.15, 0.2) is 48.8 Å². The summed E-state index contributed by atoms with van der Waals surface area (Å²) in [6.45, 7) is 0. The number of imidazole rings is 2. The molecule has 0 unspecified atom stereocenters. The average molecular weight is 482 g/mol. The molecule has 0 aromatic carbocycles. The van der Waals surface area contributed by atoms with Crippen molar-refractivity contribution in [3.8, 4) is 0 Å². The molecule has 0 aliphatic heterocycles. The van der Waals surface area contributed by atoms with Gasteiger partial charge in [0.15, 0.2) is 11.4 Å². The van der Waals surface area contributed by atoms with Crippen molar-refractivity contribution in [2.45, 2.75) is 50.1 Å². The predicted octanol–water partition coefficient (Wildman–Crippen LogP) is 5.85. The van der Waals surface area contributed by atoms with Gasteiger partial charge in [-0.3, -0.25) is 8.80 Å². The van der Waals surface area contributed by atoms with Gasteiger partial charge in [0.2, 0.25) is 0 Å². The van der Waals surface area contributed by atoms with Gasteiger partial charge in [-0.2, -0.15) is 26.3 Å². The highest BCUT2D eigenvalue weighted by atomic mass is 19.4. The number of halogens is 6. The average Bonchev–Trinajstić information content (AvgIpc) is 3.40. The number of nitrogens with one attached hydrogen (secondary N) is 2. The van der Waals surface area contributed by atoms with Crippen molar-refractivity contribution in [2.24, 2.45) is 0 Å². The van der Waals surface area contributed by atoms with E-state index in [1.165, 1.54) is 20.9 Å². The summed E-state index contributed by atoms with van der Waals surface area (Å²) < 4.78 is 81.0. The van der Waals surface area contributed by atoms with Crippen molar-refractivity contribution >= 4 is 22.9 Å². The van der Waals surface area contributed by atoms with Crippen molar-refractivity contribution in [1.82, 2.24) is 18.8 Å². The molecular weight excluding hydrogens is 462 g/mol. The topological polar surface area (TPSA) is 58.7 Å². The molecule has 5 rings (SSSR count). The molecule has 1 aliphatic carbocycles. The number of pyridine rings is 2. The van der Waals surface area contributed by atoms with Gasteiger partial charge in [0.05, 0.1) is 0 Å². The largest absolute Gasteiger partial charge is 0.434 e. The Morgan fingerprint density at radius 2 is 1.03 bits per heavy atom. The first-order chi connectivity index (χ1) is 16.1. The quantitative estimate of drug-likeness (QED) is 0.358. The summed E-state index contributed by atoms with van der Waals surface area (Å²) in [5, 5.41) is 6.62. The first-order valence-corrected chi connectivity index (χ1v) is 10.7. The number of fused-ring (bicyclic) bond motifs is 2. The second-order valence-electron chi connectivity index (χ2n) is 8.36. The number of hydrogen-bond donors (Lipinski definition) is 2. The third kappa shape index (κ3) is 4.36. The van der Waals surface area contributed by atoms with E-state index in [0.29, 0.717) is 11.6 Å². The number of nitrogens with zero attached hydrogens (tertiary/aromatic N) is 4. The molecule has 6 nitrogen and oxygen atoms in total. The van der Waals surface area contributed by atoms with E-state index >= 15 is 0 Å². The van der Waals surface area contributed by atoms with E-state index in [1.807, 2.05) is 0 Å². The predicted molar refractivity (Wildman–Crippen MR) is 114 cm³/mol. The Labute approximate surface area is 189 Å². The van der Waals surface area contributed by atoms with Crippen LogP contribution >= 0.6 is 0 Å². The fourth-order valence-electron chi connectivity index (χ4n) is 4.33. The maximum absolute atomic E-state index is 13.0. The first-order valence-electron chi connectivity index (χ1n) is 10.7. The summed E-state index contributed by atoms with van der Waals surface area (Å²) in [5.41, 5.74) is -1.48. The van der Waals surface area contributed by atoms with Crippen molar-refractivity contribution in [3.63, 3.8) is 0 Å². The third-order valence-corrected chi connectivity index (χ3v) is 6.00. The molecule has 1 saturated carbocycles. The third-order valence-electron chi connectivity index (χ3n) is 6.00. The number of aromatic nitrogens is 4. The van der Waals surface area contributed by atoms with Crippen LogP contribution in [-0.2, 0) is 12.4 Å². The van der Waals surface area contributed by atoms with Gasteiger partial charge in [-0.15, -0.1) is 0 Å². The second kappa shape index (κ2) is 8.10. The normalized spacial score (nSPS) is 19.6. The smallest absolute Gasteiger partial charge is 0.368 e. The summed E-state index contributed by atoms with van der Waals surface area (Å²) >= 11 is 0. The van der Waals surface area contributed by atoms with Gasteiger partial charge >= 0.3 is 12.4 Å². The molecule has 4 heterocycles. The van der Waals surface area contributed by atoms with Crippen molar-refractivity contribution < 1.29 is 26.3 Å². The lowest BCUT2D eigenvalue weighted by Crippen LogP contribution is -2.33. The molecule has 0 amide bonds. The van der Waals surface area contributed by atoms with Crippen LogP contribution in [0.3, 0.4) is 0 Å². The molecular formula is C22H20F6N6. The maximum atomic E-state index is 13.0. The van der Waals surface area contributed by atoms with E-state index in [-0.39, 0.29) is 23.4 Å². The highest BCUT2D eigenvalue weighted by Gasteiger charge is 2.35. The molecule has 1 fully saturated rings. The fourth-order valence-corrected chi connectivity index (χ4v) is 4.33. The molecule has 4 aromatic rings. The highest BCUT2D eigenvalue weighted by molar-refractivity contribution is 5.53. The Balaban J connectivity index is 1.26. The molecule has 0 bridgehead atoms. The summed E-state index contributed by atoms with van der Waals surface area (Å²) in [5.74, 6) is 1.06. The SMILES string of the molecule is FC(F)(F)c1cn2c(N[C@H]3CC[C@@H](Nc4cccc5nc(C(F)(F)F)cn45)CC3)cccc2n1. The lowest BCUT2D eigenvalue weighted by molar-refractivity contribution is -0.141. The minimum Gasteiger partial charge on any atom is -0.368 e. The lowest BCUT2D eigenvalue weighted by atomic mass is 9.91. The van der Waals surface area contributed by atoms with E-state index in [1.54, 1.807) is 24.3 Å². The maximum Gasteiger partial charge on any atom is 0.434 e. The molecule has 2 N–H and O–H groups in total. The Hall–Kier alpha value is -3.44. The minimum absolute atomic E-state index is 0.0428. The Morgan fingerprint density at radius 3 is 1.38 bits per heavy atom. The number of alkyl halides is 6. The van der Waals surface area contributed by atoms with E-state index < -0.39 is 23.7 Å². The van der Waals surface area contributed by atoms with Gasteiger partial charge in [0, 0.05) is 24.5 Å². The van der Waals surface area contributed by atoms with Gasteiger partial charge in [0.25, 0.3) is 0 Å². The van der Waals surface area contributed by atoms with Crippen molar-refractivity contribution in [1.29, 1.82) is 0 Å². The summed E-state index contributed by atoms with van der Waals surface area (Å²) in [4.78, 5) is 7.30. The van der Waals surface area contributed by atoms with Gasteiger partial charge in [-0.1, -0.05) is 12.1 Å². The summed E-state index contributed by atoms with van der Waals surface area (Å²) in [6, 6.07) is 9.83. The minimum atomic E-state index is -4.52.